The predicted octanol–water partition coefficient (Wildman–Crippen LogP) is 2.17. The second-order valence-corrected chi connectivity index (χ2v) is 4.19. The normalized spacial score (nSPS) is 10.8. The molecule has 0 atom stereocenters. The van der Waals surface area contributed by atoms with Crippen LogP contribution in [-0.2, 0) is 6.61 Å². The average molecular weight is 256 g/mol. The van der Waals surface area contributed by atoms with E-state index in [1.165, 1.54) is 10.6 Å². The van der Waals surface area contributed by atoms with Gasteiger partial charge in [0, 0.05) is 12.1 Å². The fourth-order valence-corrected chi connectivity index (χ4v) is 1.82. The first-order valence-electron chi connectivity index (χ1n) is 5.90. The number of aryl methyl sites for hydroxylation is 1. The second-order valence-electron chi connectivity index (χ2n) is 4.19. The summed E-state index contributed by atoms with van der Waals surface area (Å²) >= 11 is 0. The molecule has 5 nitrogen and oxygen atoms in total. The van der Waals surface area contributed by atoms with Crippen molar-refractivity contribution in [2.24, 2.45) is 0 Å². The Hall–Kier alpha value is -2.56. The SMILES string of the molecule is Cc1cc2nc(COc3ccccc3)cc(=O)n2o1. The van der Waals surface area contributed by atoms with Crippen LogP contribution in [-0.4, -0.2) is 9.56 Å². The van der Waals surface area contributed by atoms with Crippen molar-refractivity contribution in [3.05, 3.63) is 64.3 Å². The third-order valence-electron chi connectivity index (χ3n) is 2.65. The molecular weight excluding hydrogens is 244 g/mol. The molecule has 0 radical (unpaired) electrons. The molecule has 1 aromatic carbocycles. The van der Waals surface area contributed by atoms with Gasteiger partial charge in [-0.05, 0) is 19.1 Å². The number of hydrogen-bond donors (Lipinski definition) is 0. The van der Waals surface area contributed by atoms with E-state index in [1.54, 1.807) is 13.0 Å². The molecule has 2 heterocycles. The van der Waals surface area contributed by atoms with E-state index in [9.17, 15) is 4.79 Å². The molecular formula is C14H12N2O3. The molecule has 2 aromatic heterocycles. The molecule has 3 aromatic rings. The van der Waals surface area contributed by atoms with E-state index in [4.69, 9.17) is 9.26 Å². The van der Waals surface area contributed by atoms with E-state index >= 15 is 0 Å². The zero-order valence-electron chi connectivity index (χ0n) is 10.4. The van der Waals surface area contributed by atoms with E-state index in [-0.39, 0.29) is 12.2 Å². The van der Waals surface area contributed by atoms with Crippen LogP contribution < -0.4 is 10.3 Å². The van der Waals surface area contributed by atoms with Crippen LogP contribution in [0, 0.1) is 6.92 Å². The fraction of sp³-hybridized carbons (Fsp3) is 0.143. The molecule has 0 saturated heterocycles. The fourth-order valence-electron chi connectivity index (χ4n) is 1.82. The number of nitrogens with zero attached hydrogens (tertiary/aromatic N) is 2. The summed E-state index contributed by atoms with van der Waals surface area (Å²) in [6.07, 6.45) is 0. The van der Waals surface area contributed by atoms with E-state index in [0.29, 0.717) is 17.1 Å². The summed E-state index contributed by atoms with van der Waals surface area (Å²) in [6, 6.07) is 12.5. The molecule has 0 saturated carbocycles. The van der Waals surface area contributed by atoms with Crippen molar-refractivity contribution in [1.82, 2.24) is 9.56 Å². The van der Waals surface area contributed by atoms with E-state index in [1.807, 2.05) is 30.3 Å². The molecule has 0 N–H and O–H groups in total. The molecule has 96 valence electrons. The first kappa shape index (κ1) is 11.5. The number of hydrogen-bond acceptors (Lipinski definition) is 4. The topological polar surface area (TPSA) is 56.7 Å². The number of rotatable bonds is 3. The van der Waals surface area contributed by atoms with E-state index < -0.39 is 0 Å². The van der Waals surface area contributed by atoms with Crippen molar-refractivity contribution in [3.63, 3.8) is 0 Å². The Morgan fingerprint density at radius 2 is 2.05 bits per heavy atom. The van der Waals surface area contributed by atoms with Crippen LogP contribution >= 0.6 is 0 Å². The molecule has 0 aliphatic heterocycles. The summed E-state index contributed by atoms with van der Waals surface area (Å²) in [5, 5.41) is 0. The molecule has 0 fully saturated rings. The zero-order chi connectivity index (χ0) is 13.2. The van der Waals surface area contributed by atoms with Crippen molar-refractivity contribution in [2.75, 3.05) is 0 Å². The third kappa shape index (κ3) is 2.35. The molecule has 3 rings (SSSR count). The van der Waals surface area contributed by atoms with Crippen LogP contribution in [0.15, 0.2) is 51.8 Å². The maximum atomic E-state index is 11.8. The number of benzene rings is 1. The van der Waals surface area contributed by atoms with Gasteiger partial charge < -0.3 is 9.26 Å². The highest BCUT2D eigenvalue weighted by molar-refractivity contribution is 5.37. The minimum absolute atomic E-state index is 0.246. The Morgan fingerprint density at radius 1 is 1.26 bits per heavy atom. The maximum Gasteiger partial charge on any atom is 0.287 e. The number of aromatic nitrogens is 2. The molecule has 19 heavy (non-hydrogen) atoms. The highest BCUT2D eigenvalue weighted by Gasteiger charge is 2.06. The standard InChI is InChI=1S/C14H12N2O3/c1-10-7-13-15-11(8-14(17)16(13)19-10)9-18-12-5-3-2-4-6-12/h2-8H,9H2,1H3. The van der Waals surface area contributed by atoms with Crippen LogP contribution in [0.4, 0.5) is 0 Å². The summed E-state index contributed by atoms with van der Waals surface area (Å²) in [5.74, 6) is 1.39. The van der Waals surface area contributed by atoms with Crippen molar-refractivity contribution < 1.29 is 9.26 Å². The summed E-state index contributed by atoms with van der Waals surface area (Å²) in [5.41, 5.74) is 0.830. The number of ether oxygens (including phenoxy) is 1. The molecule has 0 spiro atoms. The van der Waals surface area contributed by atoms with Gasteiger partial charge >= 0.3 is 0 Å². The van der Waals surface area contributed by atoms with E-state index in [2.05, 4.69) is 4.98 Å². The van der Waals surface area contributed by atoms with Crippen LogP contribution in [0.1, 0.15) is 11.5 Å². The largest absolute Gasteiger partial charge is 0.487 e. The Bertz CT molecular complexity index is 759. The molecule has 0 aliphatic rings. The van der Waals surface area contributed by atoms with Crippen molar-refractivity contribution in [1.29, 1.82) is 0 Å². The first-order chi connectivity index (χ1) is 9.22. The van der Waals surface area contributed by atoms with Crippen molar-refractivity contribution in [3.8, 4) is 5.75 Å². The average Bonchev–Trinajstić information content (AvgIpc) is 2.79. The van der Waals surface area contributed by atoms with Crippen molar-refractivity contribution in [2.45, 2.75) is 13.5 Å². The lowest BCUT2D eigenvalue weighted by atomic mass is 10.3. The number of para-hydroxylation sites is 1. The quantitative estimate of drug-likeness (QED) is 0.720. The highest BCUT2D eigenvalue weighted by Crippen LogP contribution is 2.11. The molecule has 0 aliphatic carbocycles. The van der Waals surface area contributed by atoms with Crippen LogP contribution in [0.2, 0.25) is 0 Å². The Balaban J connectivity index is 1.87. The molecule has 0 unspecified atom stereocenters. The third-order valence-corrected chi connectivity index (χ3v) is 2.65. The van der Waals surface area contributed by atoms with Gasteiger partial charge in [0.15, 0.2) is 5.65 Å². The highest BCUT2D eigenvalue weighted by atomic mass is 16.5. The summed E-state index contributed by atoms with van der Waals surface area (Å²) in [4.78, 5) is 16.1. The molecule has 0 bridgehead atoms. The summed E-state index contributed by atoms with van der Waals surface area (Å²) < 4.78 is 11.9. The Morgan fingerprint density at radius 3 is 2.84 bits per heavy atom. The molecule has 5 heteroatoms. The smallest absolute Gasteiger partial charge is 0.287 e. The van der Waals surface area contributed by atoms with Gasteiger partial charge in [0.05, 0.1) is 5.69 Å². The zero-order valence-corrected chi connectivity index (χ0v) is 10.4. The summed E-state index contributed by atoms with van der Waals surface area (Å²) in [6.45, 7) is 2.02. The lowest BCUT2D eigenvalue weighted by Gasteiger charge is -2.04. The lowest BCUT2D eigenvalue weighted by Crippen LogP contribution is -2.14. The summed E-state index contributed by atoms with van der Waals surface area (Å²) in [7, 11) is 0. The van der Waals surface area contributed by atoms with Gasteiger partial charge in [-0.3, -0.25) is 4.79 Å². The molecule has 0 amide bonds. The Kier molecular flexibility index (Phi) is 2.79. The van der Waals surface area contributed by atoms with Gasteiger partial charge in [0.25, 0.3) is 5.56 Å². The second kappa shape index (κ2) is 4.61. The van der Waals surface area contributed by atoms with Gasteiger partial charge in [0.1, 0.15) is 18.1 Å². The lowest BCUT2D eigenvalue weighted by molar-refractivity contribution is 0.298. The Labute approximate surface area is 109 Å². The van der Waals surface area contributed by atoms with E-state index in [0.717, 1.165) is 5.75 Å². The van der Waals surface area contributed by atoms with Gasteiger partial charge in [-0.25, -0.2) is 4.98 Å². The monoisotopic (exact) mass is 256 g/mol. The first-order valence-corrected chi connectivity index (χ1v) is 5.90. The van der Waals surface area contributed by atoms with Crippen LogP contribution in [0.25, 0.3) is 5.65 Å². The van der Waals surface area contributed by atoms with Crippen molar-refractivity contribution >= 4 is 5.65 Å². The van der Waals surface area contributed by atoms with Crippen LogP contribution in [0.3, 0.4) is 0 Å². The van der Waals surface area contributed by atoms with Gasteiger partial charge in [-0.2, -0.15) is 0 Å². The van der Waals surface area contributed by atoms with Gasteiger partial charge in [-0.1, -0.05) is 18.2 Å². The van der Waals surface area contributed by atoms with Gasteiger partial charge in [-0.15, -0.1) is 4.57 Å². The maximum absolute atomic E-state index is 11.8. The number of fused-ring (bicyclic) bond motifs is 1. The predicted molar refractivity (Wildman–Crippen MR) is 69.2 cm³/mol. The van der Waals surface area contributed by atoms with Gasteiger partial charge in [0.2, 0.25) is 0 Å². The minimum atomic E-state index is -0.246. The minimum Gasteiger partial charge on any atom is -0.487 e. The van der Waals surface area contributed by atoms with Crippen LogP contribution in [0.5, 0.6) is 5.75 Å².